The molecule has 0 saturated carbocycles. The highest BCUT2D eigenvalue weighted by Gasteiger charge is 2.12. The number of rotatable bonds is 4. The standard InChI is InChI=1S/C16H15ClFNO/c1-19(11-13-6-2-3-8-15(13)17)16(20)10-12-5-4-7-14(18)9-12/h2-9H,10-11H2,1H3. The third-order valence-corrected chi connectivity index (χ3v) is 3.40. The maximum absolute atomic E-state index is 13.1. The Hall–Kier alpha value is -1.87. The third kappa shape index (κ3) is 3.81. The average Bonchev–Trinajstić information content (AvgIpc) is 2.41. The average molecular weight is 292 g/mol. The van der Waals surface area contributed by atoms with Crippen molar-refractivity contribution in [2.24, 2.45) is 0 Å². The lowest BCUT2D eigenvalue weighted by Crippen LogP contribution is -2.27. The van der Waals surface area contributed by atoms with E-state index in [1.165, 1.54) is 12.1 Å². The Kier molecular flexibility index (Phi) is 4.74. The van der Waals surface area contributed by atoms with Gasteiger partial charge in [-0.1, -0.05) is 41.9 Å². The van der Waals surface area contributed by atoms with Gasteiger partial charge < -0.3 is 4.90 Å². The Balaban J connectivity index is 2.01. The Bertz CT molecular complexity index is 615. The first-order valence-electron chi connectivity index (χ1n) is 6.28. The van der Waals surface area contributed by atoms with Crippen LogP contribution in [0.2, 0.25) is 5.02 Å². The molecule has 0 radical (unpaired) electrons. The van der Waals surface area contributed by atoms with E-state index in [2.05, 4.69) is 0 Å². The van der Waals surface area contributed by atoms with Gasteiger partial charge in [0.2, 0.25) is 5.91 Å². The number of hydrogen-bond donors (Lipinski definition) is 0. The van der Waals surface area contributed by atoms with Crippen LogP contribution in [0.5, 0.6) is 0 Å². The molecular formula is C16H15ClFNO. The van der Waals surface area contributed by atoms with Gasteiger partial charge in [0.05, 0.1) is 6.42 Å². The monoisotopic (exact) mass is 291 g/mol. The highest BCUT2D eigenvalue weighted by Crippen LogP contribution is 2.17. The molecule has 0 heterocycles. The summed E-state index contributed by atoms with van der Waals surface area (Å²) < 4.78 is 13.1. The topological polar surface area (TPSA) is 20.3 Å². The molecule has 0 aliphatic rings. The minimum Gasteiger partial charge on any atom is -0.341 e. The second kappa shape index (κ2) is 6.53. The van der Waals surface area contributed by atoms with Gasteiger partial charge in [-0.25, -0.2) is 4.39 Å². The molecule has 0 aromatic heterocycles. The van der Waals surface area contributed by atoms with Crippen molar-refractivity contribution >= 4 is 17.5 Å². The first kappa shape index (κ1) is 14.5. The van der Waals surface area contributed by atoms with E-state index in [1.807, 2.05) is 18.2 Å². The van der Waals surface area contributed by atoms with Crippen LogP contribution < -0.4 is 0 Å². The fourth-order valence-electron chi connectivity index (χ4n) is 1.93. The van der Waals surface area contributed by atoms with E-state index in [0.29, 0.717) is 17.1 Å². The summed E-state index contributed by atoms with van der Waals surface area (Å²) in [4.78, 5) is 13.7. The zero-order valence-electron chi connectivity index (χ0n) is 11.1. The Morgan fingerprint density at radius 1 is 1.20 bits per heavy atom. The van der Waals surface area contributed by atoms with E-state index in [4.69, 9.17) is 11.6 Å². The number of carbonyl (C=O) groups excluding carboxylic acids is 1. The molecule has 20 heavy (non-hydrogen) atoms. The van der Waals surface area contributed by atoms with Crippen LogP contribution in [0.15, 0.2) is 48.5 Å². The molecular weight excluding hydrogens is 277 g/mol. The molecule has 104 valence electrons. The molecule has 0 N–H and O–H groups in total. The Labute approximate surface area is 122 Å². The van der Waals surface area contributed by atoms with Crippen LogP contribution in [0.3, 0.4) is 0 Å². The van der Waals surface area contributed by atoms with Gasteiger partial charge in [0.1, 0.15) is 5.82 Å². The smallest absolute Gasteiger partial charge is 0.227 e. The fourth-order valence-corrected chi connectivity index (χ4v) is 2.12. The van der Waals surface area contributed by atoms with Crippen LogP contribution >= 0.6 is 11.6 Å². The molecule has 0 saturated heterocycles. The molecule has 0 aliphatic carbocycles. The van der Waals surface area contributed by atoms with Crippen molar-refractivity contribution in [3.63, 3.8) is 0 Å². The lowest BCUT2D eigenvalue weighted by atomic mass is 10.1. The first-order chi connectivity index (χ1) is 9.56. The molecule has 2 rings (SSSR count). The van der Waals surface area contributed by atoms with Crippen molar-refractivity contribution < 1.29 is 9.18 Å². The number of carbonyl (C=O) groups is 1. The molecule has 0 fully saturated rings. The summed E-state index contributed by atoms with van der Waals surface area (Å²) in [6, 6.07) is 13.5. The summed E-state index contributed by atoms with van der Waals surface area (Å²) in [7, 11) is 1.71. The summed E-state index contributed by atoms with van der Waals surface area (Å²) in [5.74, 6) is -0.403. The van der Waals surface area contributed by atoms with Crippen molar-refractivity contribution in [1.82, 2.24) is 4.90 Å². The van der Waals surface area contributed by atoms with Crippen LogP contribution in [0, 0.1) is 5.82 Å². The van der Waals surface area contributed by atoms with Crippen LogP contribution in [-0.2, 0) is 17.8 Å². The third-order valence-electron chi connectivity index (χ3n) is 3.04. The number of hydrogen-bond acceptors (Lipinski definition) is 1. The Morgan fingerprint density at radius 3 is 2.65 bits per heavy atom. The number of benzene rings is 2. The van der Waals surface area contributed by atoms with Crippen LogP contribution in [-0.4, -0.2) is 17.9 Å². The first-order valence-corrected chi connectivity index (χ1v) is 6.66. The zero-order chi connectivity index (χ0) is 14.5. The van der Waals surface area contributed by atoms with E-state index in [-0.39, 0.29) is 18.1 Å². The van der Waals surface area contributed by atoms with Crippen molar-refractivity contribution in [2.45, 2.75) is 13.0 Å². The van der Waals surface area contributed by atoms with E-state index >= 15 is 0 Å². The summed E-state index contributed by atoms with van der Waals surface area (Å²) in [5, 5.41) is 0.637. The fraction of sp³-hybridized carbons (Fsp3) is 0.188. The largest absolute Gasteiger partial charge is 0.341 e. The summed E-state index contributed by atoms with van der Waals surface area (Å²) in [6.45, 7) is 0.438. The molecule has 0 spiro atoms. The second-order valence-electron chi connectivity index (χ2n) is 4.65. The Morgan fingerprint density at radius 2 is 1.95 bits per heavy atom. The highest BCUT2D eigenvalue weighted by atomic mass is 35.5. The zero-order valence-corrected chi connectivity index (χ0v) is 11.9. The van der Waals surface area contributed by atoms with Gasteiger partial charge in [0.15, 0.2) is 0 Å². The number of halogens is 2. The minimum atomic E-state index is -0.330. The van der Waals surface area contributed by atoms with Crippen LogP contribution in [0.4, 0.5) is 4.39 Å². The quantitative estimate of drug-likeness (QED) is 0.841. The van der Waals surface area contributed by atoms with E-state index in [1.54, 1.807) is 30.1 Å². The summed E-state index contributed by atoms with van der Waals surface area (Å²) in [5.41, 5.74) is 1.56. The van der Waals surface area contributed by atoms with Crippen LogP contribution in [0.1, 0.15) is 11.1 Å². The molecule has 0 bridgehead atoms. The van der Waals surface area contributed by atoms with Gasteiger partial charge in [-0.3, -0.25) is 4.79 Å². The molecule has 4 heteroatoms. The van der Waals surface area contributed by atoms with Gasteiger partial charge in [0.25, 0.3) is 0 Å². The number of likely N-dealkylation sites (N-methyl/N-ethyl adjacent to an activating group) is 1. The van der Waals surface area contributed by atoms with Crippen molar-refractivity contribution in [1.29, 1.82) is 0 Å². The van der Waals surface area contributed by atoms with E-state index in [9.17, 15) is 9.18 Å². The van der Waals surface area contributed by atoms with E-state index in [0.717, 1.165) is 5.56 Å². The van der Waals surface area contributed by atoms with Crippen LogP contribution in [0.25, 0.3) is 0 Å². The molecule has 1 amide bonds. The number of nitrogens with zero attached hydrogens (tertiary/aromatic N) is 1. The lowest BCUT2D eigenvalue weighted by molar-refractivity contribution is -0.129. The second-order valence-corrected chi connectivity index (χ2v) is 5.06. The lowest BCUT2D eigenvalue weighted by Gasteiger charge is -2.18. The molecule has 2 aromatic carbocycles. The highest BCUT2D eigenvalue weighted by molar-refractivity contribution is 6.31. The van der Waals surface area contributed by atoms with Gasteiger partial charge in [-0.2, -0.15) is 0 Å². The predicted molar refractivity (Wildman–Crippen MR) is 78.0 cm³/mol. The van der Waals surface area contributed by atoms with Gasteiger partial charge in [0, 0.05) is 18.6 Å². The van der Waals surface area contributed by atoms with Crippen molar-refractivity contribution in [2.75, 3.05) is 7.05 Å². The van der Waals surface area contributed by atoms with Crippen molar-refractivity contribution in [3.05, 3.63) is 70.5 Å². The maximum Gasteiger partial charge on any atom is 0.227 e. The predicted octanol–water partition coefficient (Wildman–Crippen LogP) is 3.68. The molecule has 2 aromatic rings. The molecule has 2 nitrogen and oxygen atoms in total. The summed E-state index contributed by atoms with van der Waals surface area (Å²) >= 11 is 6.07. The maximum atomic E-state index is 13.1. The molecule has 0 atom stereocenters. The molecule has 0 unspecified atom stereocenters. The minimum absolute atomic E-state index is 0.0736. The van der Waals surface area contributed by atoms with Gasteiger partial charge in [-0.15, -0.1) is 0 Å². The summed E-state index contributed by atoms with van der Waals surface area (Å²) in [6.07, 6.45) is 0.179. The number of amides is 1. The SMILES string of the molecule is CN(Cc1ccccc1Cl)C(=O)Cc1cccc(F)c1. The molecule has 0 aliphatic heterocycles. The van der Waals surface area contributed by atoms with E-state index < -0.39 is 0 Å². The normalized spacial score (nSPS) is 10.3. The van der Waals surface area contributed by atoms with Gasteiger partial charge >= 0.3 is 0 Å². The van der Waals surface area contributed by atoms with Crippen molar-refractivity contribution in [3.8, 4) is 0 Å². The van der Waals surface area contributed by atoms with Gasteiger partial charge in [-0.05, 0) is 29.3 Å².